The van der Waals surface area contributed by atoms with E-state index < -0.39 is 8.32 Å². The topological polar surface area (TPSA) is 66.9 Å². The third-order valence-corrected chi connectivity index (χ3v) is 10.3. The van der Waals surface area contributed by atoms with Crippen molar-refractivity contribution >= 4 is 36.8 Å². The number of aromatic amines is 1. The molecule has 25 heavy (non-hydrogen) atoms. The number of fused-ring (bicyclic) bond motifs is 1. The maximum atomic E-state index is 6.48. The van der Waals surface area contributed by atoms with Crippen LogP contribution < -0.4 is 4.90 Å². The van der Waals surface area contributed by atoms with Crippen molar-refractivity contribution in [3.63, 3.8) is 0 Å². The van der Waals surface area contributed by atoms with Crippen molar-refractivity contribution < 1.29 is 4.43 Å². The summed E-state index contributed by atoms with van der Waals surface area (Å²) in [4.78, 5) is 11.1. The van der Waals surface area contributed by atoms with Crippen LogP contribution in [0.2, 0.25) is 23.4 Å². The number of hydrogen-bond donors (Lipinski definition) is 1. The number of aromatic nitrogens is 4. The Kier molecular flexibility index (Phi) is 4.85. The molecule has 2 aromatic rings. The molecule has 1 atom stereocenters. The second-order valence-electron chi connectivity index (χ2n) is 8.41. The molecule has 1 aliphatic rings. The highest BCUT2D eigenvalue weighted by Crippen LogP contribution is 2.38. The first kappa shape index (κ1) is 18.6. The van der Waals surface area contributed by atoms with Crippen molar-refractivity contribution in [1.82, 2.24) is 20.2 Å². The average molecular weight is 382 g/mol. The van der Waals surface area contributed by atoms with Crippen LogP contribution in [0.3, 0.4) is 0 Å². The number of nitrogens with zero attached hydrogens (tertiary/aromatic N) is 4. The Balaban J connectivity index is 1.87. The first-order valence-electron chi connectivity index (χ1n) is 8.89. The van der Waals surface area contributed by atoms with E-state index in [1.54, 1.807) is 0 Å². The molecule has 0 spiro atoms. The predicted octanol–water partition coefficient (Wildman–Crippen LogP) is 4.31. The van der Waals surface area contributed by atoms with Crippen LogP contribution in [0.15, 0.2) is 0 Å². The molecule has 0 aromatic carbocycles. The molecule has 1 N–H and O–H groups in total. The second kappa shape index (κ2) is 6.52. The van der Waals surface area contributed by atoms with Crippen molar-refractivity contribution in [1.29, 1.82) is 0 Å². The van der Waals surface area contributed by atoms with Gasteiger partial charge < -0.3 is 9.33 Å². The molecule has 1 fully saturated rings. The molecular formula is C17H28ClN5OSi. The van der Waals surface area contributed by atoms with E-state index in [-0.39, 0.29) is 10.3 Å². The largest absolute Gasteiger partial charge is 0.415 e. The molecular weight excluding hydrogens is 354 g/mol. The van der Waals surface area contributed by atoms with Crippen LogP contribution in [0.1, 0.15) is 39.3 Å². The molecule has 8 heteroatoms. The standard InChI is InChI=1S/C17H28ClN5OSi/c1-11-13-14(22-21-11)19-16(18)20-15(13)23-9-7-8-12(23)10-24-25(5,6)17(2,3)4/h12H,7-10H2,1-6H3,(H,19,20,21,22)/t12-/m1/s1. The van der Waals surface area contributed by atoms with Gasteiger partial charge >= 0.3 is 0 Å². The van der Waals surface area contributed by atoms with Crippen LogP contribution in [0, 0.1) is 6.92 Å². The minimum Gasteiger partial charge on any atom is -0.415 e. The number of hydrogen-bond acceptors (Lipinski definition) is 5. The van der Waals surface area contributed by atoms with Gasteiger partial charge in [-0.15, -0.1) is 0 Å². The number of anilines is 1. The van der Waals surface area contributed by atoms with Crippen molar-refractivity contribution in [2.75, 3.05) is 18.1 Å². The van der Waals surface area contributed by atoms with Crippen LogP contribution in [0.4, 0.5) is 5.82 Å². The molecule has 0 saturated carbocycles. The van der Waals surface area contributed by atoms with Gasteiger partial charge in [-0.2, -0.15) is 15.1 Å². The highest BCUT2D eigenvalue weighted by Gasteiger charge is 2.39. The monoisotopic (exact) mass is 381 g/mol. The van der Waals surface area contributed by atoms with Gasteiger partial charge in [-0.3, -0.25) is 5.10 Å². The van der Waals surface area contributed by atoms with E-state index in [4.69, 9.17) is 16.0 Å². The van der Waals surface area contributed by atoms with Crippen molar-refractivity contribution in [3.05, 3.63) is 11.0 Å². The smallest absolute Gasteiger partial charge is 0.226 e. The minimum absolute atomic E-state index is 0.211. The fourth-order valence-corrected chi connectivity index (χ4v) is 4.25. The van der Waals surface area contributed by atoms with Gasteiger partial charge in [0, 0.05) is 6.54 Å². The van der Waals surface area contributed by atoms with Crippen LogP contribution in [-0.2, 0) is 4.43 Å². The van der Waals surface area contributed by atoms with Gasteiger partial charge in [-0.05, 0) is 49.5 Å². The molecule has 138 valence electrons. The zero-order chi connectivity index (χ0) is 18.4. The van der Waals surface area contributed by atoms with Crippen LogP contribution >= 0.6 is 11.6 Å². The predicted molar refractivity (Wildman–Crippen MR) is 105 cm³/mol. The van der Waals surface area contributed by atoms with E-state index >= 15 is 0 Å². The third kappa shape index (κ3) is 3.54. The second-order valence-corrected chi connectivity index (χ2v) is 13.6. The third-order valence-electron chi connectivity index (χ3n) is 5.65. The molecule has 0 amide bonds. The number of rotatable bonds is 4. The van der Waals surface area contributed by atoms with Gasteiger partial charge in [0.1, 0.15) is 5.82 Å². The highest BCUT2D eigenvalue weighted by molar-refractivity contribution is 6.74. The summed E-state index contributed by atoms with van der Waals surface area (Å²) in [6, 6.07) is 0.317. The van der Waals surface area contributed by atoms with E-state index in [0.29, 0.717) is 11.7 Å². The molecule has 6 nitrogen and oxygen atoms in total. The lowest BCUT2D eigenvalue weighted by Crippen LogP contribution is -2.45. The summed E-state index contributed by atoms with van der Waals surface area (Å²) < 4.78 is 6.48. The molecule has 0 unspecified atom stereocenters. The van der Waals surface area contributed by atoms with Gasteiger partial charge in [0.15, 0.2) is 14.0 Å². The lowest BCUT2D eigenvalue weighted by atomic mass is 10.2. The Morgan fingerprint density at radius 3 is 2.72 bits per heavy atom. The molecule has 0 radical (unpaired) electrons. The summed E-state index contributed by atoms with van der Waals surface area (Å²) in [6.45, 7) is 15.1. The maximum absolute atomic E-state index is 6.48. The molecule has 1 saturated heterocycles. The van der Waals surface area contributed by atoms with Gasteiger partial charge in [0.2, 0.25) is 5.28 Å². The quantitative estimate of drug-likeness (QED) is 0.631. The number of H-pyrrole nitrogens is 1. The average Bonchev–Trinajstić information content (AvgIpc) is 3.10. The first-order valence-corrected chi connectivity index (χ1v) is 12.2. The maximum Gasteiger partial charge on any atom is 0.226 e. The Morgan fingerprint density at radius 2 is 2.04 bits per heavy atom. The highest BCUT2D eigenvalue weighted by atomic mass is 35.5. The lowest BCUT2D eigenvalue weighted by Gasteiger charge is -2.38. The van der Waals surface area contributed by atoms with Gasteiger partial charge in [0.05, 0.1) is 23.7 Å². The first-order chi connectivity index (χ1) is 11.6. The molecule has 3 heterocycles. The zero-order valence-corrected chi connectivity index (χ0v) is 17.7. The Hall–Kier alpha value is -1.18. The summed E-state index contributed by atoms with van der Waals surface area (Å²) in [6.07, 6.45) is 2.24. The van der Waals surface area contributed by atoms with E-state index in [9.17, 15) is 0 Å². The minimum atomic E-state index is -1.77. The van der Waals surface area contributed by atoms with E-state index in [0.717, 1.165) is 42.9 Å². The van der Waals surface area contributed by atoms with Gasteiger partial charge in [-0.25, -0.2) is 0 Å². The summed E-state index contributed by atoms with van der Waals surface area (Å²) in [5.74, 6) is 0.877. The fourth-order valence-electron chi connectivity index (χ4n) is 3.05. The van der Waals surface area contributed by atoms with Crippen LogP contribution in [-0.4, -0.2) is 47.7 Å². The molecule has 2 aromatic heterocycles. The lowest BCUT2D eigenvalue weighted by molar-refractivity contribution is 0.263. The number of aryl methyl sites for hydroxylation is 1. The molecule has 0 aliphatic carbocycles. The normalized spacial score (nSPS) is 19.2. The Labute approximate surface area is 155 Å². The van der Waals surface area contributed by atoms with E-state index in [2.05, 4.69) is 58.9 Å². The summed E-state index contributed by atoms with van der Waals surface area (Å²) >= 11 is 6.15. The van der Waals surface area contributed by atoms with Gasteiger partial charge in [0.25, 0.3) is 0 Å². The Bertz CT molecular complexity index is 770. The van der Waals surface area contributed by atoms with Crippen molar-refractivity contribution in [3.8, 4) is 0 Å². The molecule has 0 bridgehead atoms. The van der Waals surface area contributed by atoms with Crippen LogP contribution in [0.25, 0.3) is 11.0 Å². The van der Waals surface area contributed by atoms with Crippen molar-refractivity contribution in [2.24, 2.45) is 0 Å². The SMILES string of the molecule is Cc1n[nH]c2nc(Cl)nc(N3CCC[C@@H]3CO[Si](C)(C)C(C)(C)C)c12. The summed E-state index contributed by atoms with van der Waals surface area (Å²) in [5, 5.41) is 8.65. The summed E-state index contributed by atoms with van der Waals surface area (Å²) in [5.41, 5.74) is 1.60. The van der Waals surface area contributed by atoms with E-state index in [1.807, 2.05) is 6.92 Å². The number of halogens is 1. The summed E-state index contributed by atoms with van der Waals surface area (Å²) in [7, 11) is -1.77. The van der Waals surface area contributed by atoms with Gasteiger partial charge in [-0.1, -0.05) is 20.8 Å². The number of nitrogens with one attached hydrogen (secondary N) is 1. The fraction of sp³-hybridized carbons (Fsp3) is 0.706. The van der Waals surface area contributed by atoms with Crippen molar-refractivity contribution in [2.45, 2.75) is 64.7 Å². The van der Waals surface area contributed by atoms with E-state index in [1.165, 1.54) is 0 Å². The van der Waals surface area contributed by atoms with Crippen LogP contribution in [0.5, 0.6) is 0 Å². The zero-order valence-electron chi connectivity index (χ0n) is 16.0. The molecule has 3 rings (SSSR count). The Morgan fingerprint density at radius 1 is 1.32 bits per heavy atom. The molecule has 1 aliphatic heterocycles.